The SMILES string of the molecule is COC(=O)CCC1(C)Oc2cc(O)ccc2C2C1=CCn1c(=O)n(-c3ccc(C)cc3)c(=O)n12. The van der Waals surface area contributed by atoms with Gasteiger partial charge in [0.2, 0.25) is 0 Å². The van der Waals surface area contributed by atoms with Gasteiger partial charge in [0.05, 0.1) is 19.3 Å². The first-order chi connectivity index (χ1) is 16.2. The van der Waals surface area contributed by atoms with Crippen molar-refractivity contribution in [3.05, 3.63) is 86.2 Å². The lowest BCUT2D eigenvalue weighted by Crippen LogP contribution is -2.48. The molecule has 3 aromatic rings. The van der Waals surface area contributed by atoms with E-state index >= 15 is 0 Å². The molecule has 2 unspecified atom stereocenters. The highest BCUT2D eigenvalue weighted by molar-refractivity contribution is 5.69. The van der Waals surface area contributed by atoms with Crippen LogP contribution in [0.5, 0.6) is 11.5 Å². The summed E-state index contributed by atoms with van der Waals surface area (Å²) < 4.78 is 15.1. The molecule has 9 nitrogen and oxygen atoms in total. The molecule has 0 radical (unpaired) electrons. The first kappa shape index (κ1) is 21.8. The number of aromatic nitrogens is 3. The van der Waals surface area contributed by atoms with E-state index in [0.29, 0.717) is 23.4 Å². The van der Waals surface area contributed by atoms with Gasteiger partial charge in [-0.3, -0.25) is 4.79 Å². The van der Waals surface area contributed by atoms with E-state index in [1.165, 1.54) is 28.6 Å². The van der Waals surface area contributed by atoms with Crippen LogP contribution in [0.2, 0.25) is 0 Å². The van der Waals surface area contributed by atoms with Crippen molar-refractivity contribution < 1.29 is 19.4 Å². The van der Waals surface area contributed by atoms with Crippen LogP contribution in [0.3, 0.4) is 0 Å². The molecule has 0 saturated carbocycles. The van der Waals surface area contributed by atoms with Gasteiger partial charge in [0.25, 0.3) is 0 Å². The Bertz CT molecular complexity index is 1440. The number of phenols is 1. The van der Waals surface area contributed by atoms with E-state index < -0.39 is 23.0 Å². The van der Waals surface area contributed by atoms with Gasteiger partial charge in [-0.25, -0.2) is 23.5 Å². The molecule has 34 heavy (non-hydrogen) atoms. The minimum atomic E-state index is -0.952. The molecular weight excluding hydrogens is 438 g/mol. The normalized spacial score (nSPS) is 20.4. The Labute approximate surface area is 195 Å². The average molecular weight is 463 g/mol. The van der Waals surface area contributed by atoms with Crippen molar-refractivity contribution in [3.63, 3.8) is 0 Å². The summed E-state index contributed by atoms with van der Waals surface area (Å²) in [7, 11) is 1.33. The van der Waals surface area contributed by atoms with Gasteiger partial charge in [0.15, 0.2) is 0 Å². The van der Waals surface area contributed by atoms with E-state index in [9.17, 15) is 19.5 Å². The Balaban J connectivity index is 1.70. The number of rotatable bonds is 4. The van der Waals surface area contributed by atoms with E-state index in [1.54, 1.807) is 18.2 Å². The molecule has 1 N–H and O–H groups in total. The molecule has 9 heteroatoms. The number of aromatic hydroxyl groups is 1. The van der Waals surface area contributed by atoms with Crippen LogP contribution in [0.4, 0.5) is 0 Å². The number of ether oxygens (including phenoxy) is 2. The number of benzene rings is 2. The number of allylic oxidation sites excluding steroid dienone is 1. The largest absolute Gasteiger partial charge is 0.508 e. The van der Waals surface area contributed by atoms with Crippen LogP contribution >= 0.6 is 0 Å². The molecule has 3 heterocycles. The van der Waals surface area contributed by atoms with E-state index in [0.717, 1.165) is 15.7 Å². The number of aryl methyl sites for hydroxylation is 1. The summed E-state index contributed by atoms with van der Waals surface area (Å²) in [4.78, 5) is 38.9. The number of carbonyl (C=O) groups is 1. The van der Waals surface area contributed by atoms with E-state index in [4.69, 9.17) is 9.47 Å². The molecule has 0 spiro atoms. The molecule has 176 valence electrons. The number of phenolic OH excluding ortho intramolecular Hbond substituents is 1. The first-order valence-corrected chi connectivity index (χ1v) is 11.0. The predicted molar refractivity (Wildman–Crippen MR) is 124 cm³/mol. The Kier molecular flexibility index (Phi) is 5.00. The molecule has 1 aromatic heterocycles. The number of fused-ring (bicyclic) bond motifs is 5. The summed E-state index contributed by atoms with van der Waals surface area (Å²) >= 11 is 0. The number of nitrogens with zero attached hydrogens (tertiary/aromatic N) is 3. The number of hydrogen-bond donors (Lipinski definition) is 1. The quantitative estimate of drug-likeness (QED) is 0.471. The third kappa shape index (κ3) is 3.27. The van der Waals surface area contributed by atoms with Gasteiger partial charge in [0.1, 0.15) is 23.1 Å². The maximum Gasteiger partial charge on any atom is 0.352 e. The Hall–Kier alpha value is -4.01. The van der Waals surface area contributed by atoms with Gasteiger partial charge >= 0.3 is 17.3 Å². The van der Waals surface area contributed by atoms with E-state index in [2.05, 4.69) is 0 Å². The molecule has 0 bridgehead atoms. The summed E-state index contributed by atoms with van der Waals surface area (Å²) in [5.41, 5.74) is 1.07. The smallest absolute Gasteiger partial charge is 0.352 e. The number of carbonyl (C=O) groups excluding carboxylic acids is 1. The van der Waals surface area contributed by atoms with Crippen LogP contribution in [-0.4, -0.2) is 37.7 Å². The van der Waals surface area contributed by atoms with Gasteiger partial charge in [-0.2, -0.15) is 0 Å². The van der Waals surface area contributed by atoms with Crippen molar-refractivity contribution in [1.29, 1.82) is 0 Å². The van der Waals surface area contributed by atoms with Gasteiger partial charge in [-0.1, -0.05) is 23.8 Å². The van der Waals surface area contributed by atoms with Crippen molar-refractivity contribution >= 4 is 5.97 Å². The van der Waals surface area contributed by atoms with Gasteiger partial charge < -0.3 is 14.6 Å². The van der Waals surface area contributed by atoms with Crippen LogP contribution in [0.25, 0.3) is 5.69 Å². The zero-order valence-corrected chi connectivity index (χ0v) is 19.1. The molecule has 0 saturated heterocycles. The highest BCUT2D eigenvalue weighted by atomic mass is 16.5. The Morgan fingerprint density at radius 3 is 2.62 bits per heavy atom. The first-order valence-electron chi connectivity index (χ1n) is 11.0. The highest BCUT2D eigenvalue weighted by Crippen LogP contribution is 2.48. The van der Waals surface area contributed by atoms with Crippen molar-refractivity contribution in [3.8, 4) is 17.2 Å². The van der Waals surface area contributed by atoms with Crippen LogP contribution in [0.15, 0.2) is 63.7 Å². The molecule has 5 rings (SSSR count). The fraction of sp³-hybridized carbons (Fsp3) is 0.320. The fourth-order valence-corrected chi connectivity index (χ4v) is 4.84. The van der Waals surface area contributed by atoms with Crippen LogP contribution < -0.4 is 16.1 Å². The second kappa shape index (κ2) is 7.79. The summed E-state index contributed by atoms with van der Waals surface area (Å²) in [6, 6.07) is 11.3. The molecule has 2 atom stereocenters. The van der Waals surface area contributed by atoms with Crippen molar-refractivity contribution in [2.75, 3.05) is 7.11 Å². The van der Waals surface area contributed by atoms with E-state index in [1.807, 2.05) is 32.1 Å². The molecule has 2 aliphatic heterocycles. The highest BCUT2D eigenvalue weighted by Gasteiger charge is 2.46. The molecular formula is C25H25N3O6. The minimum Gasteiger partial charge on any atom is -0.508 e. The maximum absolute atomic E-state index is 13.7. The van der Waals surface area contributed by atoms with Gasteiger partial charge in [-0.15, -0.1) is 0 Å². The fourth-order valence-electron chi connectivity index (χ4n) is 4.84. The van der Waals surface area contributed by atoms with Crippen molar-refractivity contribution in [1.82, 2.24) is 13.9 Å². The van der Waals surface area contributed by atoms with E-state index in [-0.39, 0.29) is 24.7 Å². The summed E-state index contributed by atoms with van der Waals surface area (Å²) in [5, 5.41) is 10.1. The molecule has 0 aliphatic carbocycles. The Morgan fingerprint density at radius 1 is 1.18 bits per heavy atom. The second-order valence-electron chi connectivity index (χ2n) is 8.86. The lowest BCUT2D eigenvalue weighted by atomic mass is 9.79. The topological polar surface area (TPSA) is 105 Å². The van der Waals surface area contributed by atoms with Gasteiger partial charge in [-0.05, 0) is 43.7 Å². The minimum absolute atomic E-state index is 0.0132. The average Bonchev–Trinajstić information content (AvgIpc) is 3.08. The van der Waals surface area contributed by atoms with Gasteiger partial charge in [0, 0.05) is 24.5 Å². The summed E-state index contributed by atoms with van der Waals surface area (Å²) in [6.45, 7) is 3.96. The molecule has 0 amide bonds. The maximum atomic E-state index is 13.7. The number of hydrogen-bond acceptors (Lipinski definition) is 6. The third-order valence-electron chi connectivity index (χ3n) is 6.65. The lowest BCUT2D eigenvalue weighted by Gasteiger charge is -2.44. The standard InChI is InChI=1S/C25H25N3O6/c1-15-4-6-16(7-5-15)27-23(31)26-13-11-19-22(28(26)24(27)32)18-9-8-17(29)14-20(18)34-25(19,2)12-10-21(30)33-3/h4-9,11,14,22,29H,10,12-13H2,1-3H3. The molecule has 2 aliphatic rings. The van der Waals surface area contributed by atoms with Crippen molar-refractivity contribution in [2.24, 2.45) is 0 Å². The number of esters is 1. The Morgan fingerprint density at radius 2 is 1.91 bits per heavy atom. The zero-order chi connectivity index (χ0) is 24.2. The zero-order valence-electron chi connectivity index (χ0n) is 19.1. The summed E-state index contributed by atoms with van der Waals surface area (Å²) in [5.74, 6) is 0.0313. The number of methoxy groups -OCH3 is 1. The summed E-state index contributed by atoms with van der Waals surface area (Å²) in [6.07, 6.45) is 2.30. The van der Waals surface area contributed by atoms with Crippen LogP contribution in [0, 0.1) is 6.92 Å². The van der Waals surface area contributed by atoms with Crippen LogP contribution in [-0.2, 0) is 16.1 Å². The molecule has 2 aromatic carbocycles. The van der Waals surface area contributed by atoms with Crippen LogP contribution in [0.1, 0.15) is 36.9 Å². The second-order valence-corrected chi connectivity index (χ2v) is 8.86. The predicted octanol–water partition coefficient (Wildman–Crippen LogP) is 2.45. The van der Waals surface area contributed by atoms with Crippen molar-refractivity contribution in [2.45, 2.75) is 44.9 Å². The lowest BCUT2D eigenvalue weighted by molar-refractivity contribution is -0.141. The third-order valence-corrected chi connectivity index (χ3v) is 6.65. The molecule has 0 fully saturated rings. The monoisotopic (exact) mass is 463 g/mol.